The molecule has 110 valence electrons. The fourth-order valence-corrected chi connectivity index (χ4v) is 3.20. The molecule has 0 aromatic heterocycles. The highest BCUT2D eigenvalue weighted by Gasteiger charge is 2.30. The Morgan fingerprint density at radius 2 is 2.20 bits per heavy atom. The molecule has 2 aliphatic rings. The zero-order valence-electron chi connectivity index (χ0n) is 12.5. The van der Waals surface area contributed by atoms with Crippen molar-refractivity contribution in [3.05, 3.63) is 29.8 Å². The van der Waals surface area contributed by atoms with Crippen LogP contribution in [0, 0.1) is 5.92 Å². The Balaban J connectivity index is 1.61. The van der Waals surface area contributed by atoms with Gasteiger partial charge in [0.1, 0.15) is 5.75 Å². The second kappa shape index (κ2) is 6.59. The maximum Gasteiger partial charge on any atom is 0.119 e. The van der Waals surface area contributed by atoms with Gasteiger partial charge in [0.2, 0.25) is 0 Å². The molecule has 1 heterocycles. The summed E-state index contributed by atoms with van der Waals surface area (Å²) >= 11 is 0. The molecular weight excluding hydrogens is 248 g/mol. The molecule has 1 aromatic rings. The van der Waals surface area contributed by atoms with Gasteiger partial charge in [-0.3, -0.25) is 4.90 Å². The van der Waals surface area contributed by atoms with Crippen LogP contribution in [-0.2, 0) is 6.54 Å². The van der Waals surface area contributed by atoms with Crippen LogP contribution in [0.25, 0.3) is 0 Å². The van der Waals surface area contributed by atoms with E-state index >= 15 is 0 Å². The van der Waals surface area contributed by atoms with Gasteiger partial charge in [0, 0.05) is 19.1 Å². The van der Waals surface area contributed by atoms with Gasteiger partial charge in [-0.15, -0.1) is 0 Å². The number of ether oxygens (including phenoxy) is 1. The second-order valence-corrected chi connectivity index (χ2v) is 6.22. The molecule has 1 saturated carbocycles. The van der Waals surface area contributed by atoms with Gasteiger partial charge in [0.15, 0.2) is 0 Å². The number of hydrogen-bond acceptors (Lipinski definition) is 3. The number of methoxy groups -OCH3 is 1. The summed E-state index contributed by atoms with van der Waals surface area (Å²) in [5.74, 6) is 1.80. The third-order valence-corrected chi connectivity index (χ3v) is 4.47. The van der Waals surface area contributed by atoms with Crippen LogP contribution in [0.4, 0.5) is 0 Å². The van der Waals surface area contributed by atoms with Gasteiger partial charge in [0.25, 0.3) is 0 Å². The smallest absolute Gasteiger partial charge is 0.119 e. The molecule has 0 spiro atoms. The Labute approximate surface area is 122 Å². The second-order valence-electron chi connectivity index (χ2n) is 6.22. The van der Waals surface area contributed by atoms with E-state index in [1.807, 2.05) is 6.07 Å². The summed E-state index contributed by atoms with van der Waals surface area (Å²) in [4.78, 5) is 2.69. The van der Waals surface area contributed by atoms with Crippen molar-refractivity contribution in [1.29, 1.82) is 0 Å². The van der Waals surface area contributed by atoms with Crippen molar-refractivity contribution in [2.24, 2.45) is 5.92 Å². The number of nitrogens with one attached hydrogen (secondary N) is 1. The maximum atomic E-state index is 5.33. The van der Waals surface area contributed by atoms with Crippen molar-refractivity contribution in [1.82, 2.24) is 10.2 Å². The molecule has 0 radical (unpaired) electrons. The molecule has 3 nitrogen and oxygen atoms in total. The highest BCUT2D eigenvalue weighted by Crippen LogP contribution is 2.30. The summed E-state index contributed by atoms with van der Waals surface area (Å²) in [7, 11) is 1.74. The molecule has 0 bridgehead atoms. The summed E-state index contributed by atoms with van der Waals surface area (Å²) in [6, 6.07) is 9.34. The number of benzene rings is 1. The lowest BCUT2D eigenvalue weighted by Crippen LogP contribution is -2.39. The maximum absolute atomic E-state index is 5.33. The Kier molecular flexibility index (Phi) is 4.58. The van der Waals surface area contributed by atoms with Gasteiger partial charge in [0.05, 0.1) is 7.11 Å². The molecule has 2 fully saturated rings. The first kappa shape index (κ1) is 13.9. The van der Waals surface area contributed by atoms with Crippen LogP contribution in [0.5, 0.6) is 5.75 Å². The van der Waals surface area contributed by atoms with E-state index in [4.69, 9.17) is 4.74 Å². The van der Waals surface area contributed by atoms with E-state index in [9.17, 15) is 0 Å². The zero-order chi connectivity index (χ0) is 13.8. The Bertz CT molecular complexity index is 425. The van der Waals surface area contributed by atoms with E-state index < -0.39 is 0 Å². The van der Waals surface area contributed by atoms with Gasteiger partial charge < -0.3 is 10.1 Å². The van der Waals surface area contributed by atoms with Crippen molar-refractivity contribution in [3.63, 3.8) is 0 Å². The van der Waals surface area contributed by atoms with Crippen molar-refractivity contribution >= 4 is 0 Å². The van der Waals surface area contributed by atoms with Crippen LogP contribution in [0.2, 0.25) is 0 Å². The van der Waals surface area contributed by atoms with Gasteiger partial charge in [-0.2, -0.15) is 0 Å². The predicted molar refractivity (Wildman–Crippen MR) is 82.0 cm³/mol. The zero-order valence-corrected chi connectivity index (χ0v) is 12.5. The minimum absolute atomic E-state index is 0.822. The Morgan fingerprint density at radius 3 is 2.90 bits per heavy atom. The average Bonchev–Trinajstić information content (AvgIpc) is 3.33. The Morgan fingerprint density at radius 1 is 1.30 bits per heavy atom. The SMILES string of the molecule is COc1cccc(CN(CC2CCCNC2)C2CC2)c1. The molecule has 1 saturated heterocycles. The minimum Gasteiger partial charge on any atom is -0.497 e. The van der Waals surface area contributed by atoms with Crippen LogP contribution >= 0.6 is 0 Å². The number of hydrogen-bond donors (Lipinski definition) is 1. The van der Waals surface area contributed by atoms with Crippen molar-refractivity contribution in [3.8, 4) is 5.75 Å². The average molecular weight is 274 g/mol. The van der Waals surface area contributed by atoms with Gasteiger partial charge in [-0.25, -0.2) is 0 Å². The molecule has 0 amide bonds. The van der Waals surface area contributed by atoms with E-state index in [0.717, 1.165) is 24.3 Å². The molecule has 1 atom stereocenters. The quantitative estimate of drug-likeness (QED) is 0.863. The van der Waals surface area contributed by atoms with E-state index in [1.165, 1.54) is 50.9 Å². The van der Waals surface area contributed by atoms with Crippen LogP contribution < -0.4 is 10.1 Å². The monoisotopic (exact) mass is 274 g/mol. The van der Waals surface area contributed by atoms with Crippen molar-refractivity contribution in [2.75, 3.05) is 26.7 Å². The first-order valence-electron chi connectivity index (χ1n) is 7.93. The first-order valence-corrected chi connectivity index (χ1v) is 7.93. The number of rotatable bonds is 6. The standard InChI is InChI=1S/C17H26N2O/c1-20-17-6-2-4-14(10-17)12-19(16-7-8-16)13-15-5-3-9-18-11-15/h2,4,6,10,15-16,18H,3,5,7-9,11-13H2,1H3. The molecule has 1 unspecified atom stereocenters. The third kappa shape index (κ3) is 3.74. The lowest BCUT2D eigenvalue weighted by molar-refractivity contribution is 0.192. The van der Waals surface area contributed by atoms with Crippen LogP contribution in [0.1, 0.15) is 31.2 Å². The summed E-state index contributed by atoms with van der Waals surface area (Å²) in [6.07, 6.45) is 5.48. The highest BCUT2D eigenvalue weighted by atomic mass is 16.5. The van der Waals surface area contributed by atoms with Gasteiger partial charge >= 0.3 is 0 Å². The van der Waals surface area contributed by atoms with E-state index in [-0.39, 0.29) is 0 Å². The van der Waals surface area contributed by atoms with E-state index in [0.29, 0.717) is 0 Å². The van der Waals surface area contributed by atoms with Crippen molar-refractivity contribution < 1.29 is 4.74 Å². The lowest BCUT2D eigenvalue weighted by Gasteiger charge is -2.30. The molecule has 1 aliphatic heterocycles. The first-order chi connectivity index (χ1) is 9.85. The molecular formula is C17H26N2O. The number of nitrogens with zero attached hydrogens (tertiary/aromatic N) is 1. The molecule has 1 aromatic carbocycles. The summed E-state index contributed by atoms with van der Waals surface area (Å²) < 4.78 is 5.33. The third-order valence-electron chi connectivity index (χ3n) is 4.47. The minimum atomic E-state index is 0.822. The van der Waals surface area contributed by atoms with Crippen LogP contribution in [-0.4, -0.2) is 37.7 Å². The van der Waals surface area contributed by atoms with Crippen molar-refractivity contribution in [2.45, 2.75) is 38.3 Å². The summed E-state index contributed by atoms with van der Waals surface area (Å²) in [6.45, 7) is 4.71. The van der Waals surface area contributed by atoms with Gasteiger partial charge in [-0.1, -0.05) is 12.1 Å². The molecule has 1 aliphatic carbocycles. The highest BCUT2D eigenvalue weighted by molar-refractivity contribution is 5.28. The van der Waals surface area contributed by atoms with Crippen LogP contribution in [0.3, 0.4) is 0 Å². The molecule has 3 heteroatoms. The summed E-state index contributed by atoms with van der Waals surface area (Å²) in [5.41, 5.74) is 1.38. The molecule has 20 heavy (non-hydrogen) atoms. The fraction of sp³-hybridized carbons (Fsp3) is 0.647. The largest absolute Gasteiger partial charge is 0.497 e. The molecule has 1 N–H and O–H groups in total. The van der Waals surface area contributed by atoms with Crippen LogP contribution in [0.15, 0.2) is 24.3 Å². The predicted octanol–water partition coefficient (Wildman–Crippen LogP) is 2.66. The van der Waals surface area contributed by atoms with E-state index in [1.54, 1.807) is 7.11 Å². The fourth-order valence-electron chi connectivity index (χ4n) is 3.20. The van der Waals surface area contributed by atoms with E-state index in [2.05, 4.69) is 28.4 Å². The normalized spacial score (nSPS) is 23.0. The lowest BCUT2D eigenvalue weighted by atomic mass is 9.98. The topological polar surface area (TPSA) is 24.5 Å². The number of piperidine rings is 1. The Hall–Kier alpha value is -1.06. The van der Waals surface area contributed by atoms with Gasteiger partial charge in [-0.05, 0) is 62.4 Å². The summed E-state index contributed by atoms with van der Waals surface area (Å²) in [5, 5.41) is 3.53. The molecule has 3 rings (SSSR count).